The van der Waals surface area contributed by atoms with E-state index in [0.717, 1.165) is 54.1 Å². The van der Waals surface area contributed by atoms with Crippen molar-refractivity contribution < 1.29 is 0 Å². The van der Waals surface area contributed by atoms with Gasteiger partial charge < -0.3 is 15.5 Å². The molecule has 0 aliphatic heterocycles. The van der Waals surface area contributed by atoms with Crippen LogP contribution in [0.5, 0.6) is 0 Å². The zero-order valence-electron chi connectivity index (χ0n) is 23.4. The summed E-state index contributed by atoms with van der Waals surface area (Å²) in [6, 6.07) is 13.0. The summed E-state index contributed by atoms with van der Waals surface area (Å²) in [7, 11) is 4.05. The highest BCUT2D eigenvalue weighted by molar-refractivity contribution is 5.80. The second-order valence-corrected chi connectivity index (χ2v) is 9.56. The SMILES string of the molecule is C=C/C(=C\N(C)C)c1ccc(CC)c(NC(=C)NC(=C)c2ccc(CN(CCC)CCC)cc2)c1C. The fourth-order valence-corrected chi connectivity index (χ4v) is 4.47. The second kappa shape index (κ2) is 14.4. The molecule has 2 rings (SSSR count). The van der Waals surface area contributed by atoms with Crippen LogP contribution >= 0.6 is 0 Å². The lowest BCUT2D eigenvalue weighted by molar-refractivity contribution is 0.266. The van der Waals surface area contributed by atoms with Crippen LogP contribution in [0.4, 0.5) is 5.69 Å². The quantitative estimate of drug-likeness (QED) is 0.257. The summed E-state index contributed by atoms with van der Waals surface area (Å²) < 4.78 is 0. The van der Waals surface area contributed by atoms with Gasteiger partial charge in [-0.05, 0) is 72.7 Å². The van der Waals surface area contributed by atoms with E-state index < -0.39 is 0 Å². The summed E-state index contributed by atoms with van der Waals surface area (Å²) in [4.78, 5) is 4.55. The van der Waals surface area contributed by atoms with Crippen molar-refractivity contribution in [3.05, 3.63) is 102 Å². The van der Waals surface area contributed by atoms with E-state index >= 15 is 0 Å². The van der Waals surface area contributed by atoms with E-state index in [0.29, 0.717) is 5.82 Å². The van der Waals surface area contributed by atoms with Crippen molar-refractivity contribution in [3.8, 4) is 0 Å². The van der Waals surface area contributed by atoms with Crippen molar-refractivity contribution in [1.29, 1.82) is 0 Å². The molecule has 0 saturated heterocycles. The number of hydrogen-bond donors (Lipinski definition) is 2. The Hall–Kier alpha value is -3.24. The third-order valence-electron chi connectivity index (χ3n) is 6.23. The molecule has 4 nitrogen and oxygen atoms in total. The van der Waals surface area contributed by atoms with Crippen LogP contribution < -0.4 is 10.6 Å². The summed E-state index contributed by atoms with van der Waals surface area (Å²) in [5, 5.41) is 6.89. The molecule has 0 bridgehead atoms. The molecule has 194 valence electrons. The van der Waals surface area contributed by atoms with Crippen molar-refractivity contribution in [2.45, 2.75) is 53.5 Å². The lowest BCUT2D eigenvalue weighted by atomic mass is 9.95. The number of aryl methyl sites for hydroxylation is 1. The fourth-order valence-electron chi connectivity index (χ4n) is 4.47. The Morgan fingerprint density at radius 1 is 0.944 bits per heavy atom. The van der Waals surface area contributed by atoms with Crippen molar-refractivity contribution in [2.24, 2.45) is 0 Å². The molecule has 0 aromatic heterocycles. The average molecular weight is 487 g/mol. The first-order valence-corrected chi connectivity index (χ1v) is 13.1. The maximum absolute atomic E-state index is 4.26. The Labute approximate surface area is 220 Å². The molecule has 4 heteroatoms. The van der Waals surface area contributed by atoms with Gasteiger partial charge in [-0.1, -0.05) is 83.0 Å². The van der Waals surface area contributed by atoms with Gasteiger partial charge in [0.15, 0.2) is 0 Å². The van der Waals surface area contributed by atoms with Crippen LogP contribution in [0.2, 0.25) is 0 Å². The van der Waals surface area contributed by atoms with Gasteiger partial charge in [0.1, 0.15) is 5.82 Å². The maximum Gasteiger partial charge on any atom is 0.100 e. The molecule has 2 aromatic carbocycles. The third kappa shape index (κ3) is 8.17. The number of benzene rings is 2. The third-order valence-corrected chi connectivity index (χ3v) is 6.23. The second-order valence-electron chi connectivity index (χ2n) is 9.56. The minimum absolute atomic E-state index is 0.702. The molecule has 0 heterocycles. The predicted molar refractivity (Wildman–Crippen MR) is 160 cm³/mol. The smallest absolute Gasteiger partial charge is 0.100 e. The number of anilines is 1. The van der Waals surface area contributed by atoms with Crippen LogP contribution in [0.25, 0.3) is 11.3 Å². The summed E-state index contributed by atoms with van der Waals surface area (Å²) in [6.07, 6.45) is 7.27. The van der Waals surface area contributed by atoms with Crippen LogP contribution in [0, 0.1) is 6.92 Å². The molecule has 0 amide bonds. The maximum atomic E-state index is 4.26. The molecule has 0 aliphatic rings. The van der Waals surface area contributed by atoms with Gasteiger partial charge in [-0.2, -0.15) is 0 Å². The average Bonchev–Trinajstić information content (AvgIpc) is 2.84. The Bertz CT molecular complexity index is 1050. The molecule has 2 N–H and O–H groups in total. The van der Waals surface area contributed by atoms with Crippen molar-refractivity contribution >= 4 is 17.0 Å². The molecule has 0 atom stereocenters. The van der Waals surface area contributed by atoms with Gasteiger partial charge in [0, 0.05) is 38.2 Å². The van der Waals surface area contributed by atoms with Crippen molar-refractivity contribution in [3.63, 3.8) is 0 Å². The normalized spacial score (nSPS) is 11.4. The first-order chi connectivity index (χ1) is 17.2. The topological polar surface area (TPSA) is 30.5 Å². The van der Waals surface area contributed by atoms with E-state index in [1.54, 1.807) is 0 Å². The largest absolute Gasteiger partial charge is 0.383 e. The van der Waals surface area contributed by atoms with Gasteiger partial charge in [-0.25, -0.2) is 0 Å². The van der Waals surface area contributed by atoms with Crippen LogP contribution in [-0.4, -0.2) is 37.0 Å². The highest BCUT2D eigenvalue weighted by Crippen LogP contribution is 2.31. The highest BCUT2D eigenvalue weighted by Gasteiger charge is 2.13. The lowest BCUT2D eigenvalue weighted by Crippen LogP contribution is -2.24. The monoisotopic (exact) mass is 486 g/mol. The molecule has 2 aromatic rings. The lowest BCUT2D eigenvalue weighted by Gasteiger charge is -2.22. The predicted octanol–water partition coefficient (Wildman–Crippen LogP) is 7.41. The molecule has 0 fully saturated rings. The van der Waals surface area contributed by atoms with Gasteiger partial charge in [0.2, 0.25) is 0 Å². The minimum atomic E-state index is 0.702. The van der Waals surface area contributed by atoms with Gasteiger partial charge in [-0.3, -0.25) is 4.90 Å². The van der Waals surface area contributed by atoms with E-state index in [-0.39, 0.29) is 0 Å². The Kier molecular flexibility index (Phi) is 11.6. The highest BCUT2D eigenvalue weighted by atomic mass is 15.1. The van der Waals surface area contributed by atoms with E-state index in [1.165, 1.54) is 29.5 Å². The Morgan fingerprint density at radius 3 is 2.11 bits per heavy atom. The molecular formula is C32H46N4. The van der Waals surface area contributed by atoms with E-state index in [1.807, 2.05) is 25.1 Å². The van der Waals surface area contributed by atoms with E-state index in [9.17, 15) is 0 Å². The number of rotatable bonds is 15. The minimum Gasteiger partial charge on any atom is -0.383 e. The van der Waals surface area contributed by atoms with E-state index in [2.05, 4.69) is 106 Å². The first-order valence-electron chi connectivity index (χ1n) is 13.1. The molecule has 0 unspecified atom stereocenters. The summed E-state index contributed by atoms with van der Waals surface area (Å²) >= 11 is 0. The van der Waals surface area contributed by atoms with E-state index in [4.69, 9.17) is 0 Å². The van der Waals surface area contributed by atoms with Crippen LogP contribution in [0.1, 0.15) is 61.4 Å². The fraction of sp³-hybridized carbons (Fsp3) is 0.375. The number of nitrogens with one attached hydrogen (secondary N) is 2. The summed E-state index contributed by atoms with van der Waals surface area (Å²) in [6.45, 7) is 24.6. The van der Waals surface area contributed by atoms with Crippen molar-refractivity contribution in [2.75, 3.05) is 32.5 Å². The first kappa shape index (κ1) is 29.0. The van der Waals surface area contributed by atoms with Gasteiger partial charge in [-0.15, -0.1) is 0 Å². The van der Waals surface area contributed by atoms with Crippen molar-refractivity contribution in [1.82, 2.24) is 15.1 Å². The van der Waals surface area contributed by atoms with Gasteiger partial charge >= 0.3 is 0 Å². The number of allylic oxidation sites excluding steroid dienone is 2. The molecule has 0 aliphatic carbocycles. The summed E-state index contributed by atoms with van der Waals surface area (Å²) in [5.74, 6) is 0.702. The number of hydrogen-bond acceptors (Lipinski definition) is 4. The van der Waals surface area contributed by atoms with Crippen LogP contribution in [-0.2, 0) is 13.0 Å². The summed E-state index contributed by atoms with van der Waals surface area (Å²) in [5.41, 5.74) is 8.94. The molecule has 0 spiro atoms. The Morgan fingerprint density at radius 2 is 1.58 bits per heavy atom. The zero-order chi connectivity index (χ0) is 26.7. The molecule has 0 radical (unpaired) electrons. The Balaban J connectivity index is 2.15. The molecule has 0 saturated carbocycles. The van der Waals surface area contributed by atoms with Gasteiger partial charge in [0.25, 0.3) is 0 Å². The molecular weight excluding hydrogens is 440 g/mol. The van der Waals surface area contributed by atoms with Gasteiger partial charge in [0.05, 0.1) is 0 Å². The van der Waals surface area contributed by atoms with Crippen LogP contribution in [0.3, 0.4) is 0 Å². The number of nitrogens with zero attached hydrogens (tertiary/aromatic N) is 2. The van der Waals surface area contributed by atoms with Crippen LogP contribution in [0.15, 0.2) is 74.2 Å². The zero-order valence-corrected chi connectivity index (χ0v) is 23.4. The molecule has 36 heavy (non-hydrogen) atoms. The standard InChI is InChI=1S/C32H46N4/c1-10-20-36(21-11-2)22-27-14-16-30(17-15-27)25(6)33-26(7)34-32-24(5)31(19-18-28(32)12-3)29(13-4)23-35(8)9/h13-19,23,33-34H,4,6-7,10-12,20-22H2,1-3,5,8-9H3/b29-23+.